The molecule has 1 N–H and O–H groups in total. The Kier molecular flexibility index (Phi) is 1.70. The molecule has 0 saturated heterocycles. The van der Waals surface area contributed by atoms with Crippen LogP contribution in [0.4, 0.5) is 0 Å². The minimum absolute atomic E-state index is 0.0839. The van der Waals surface area contributed by atoms with E-state index in [0.29, 0.717) is 17.9 Å². The molecule has 0 atom stereocenters. The lowest BCUT2D eigenvalue weighted by Gasteiger charge is -2.02. The lowest BCUT2D eigenvalue weighted by molar-refractivity contribution is 0.0959. The molecular formula is C9H8NO2. The van der Waals surface area contributed by atoms with E-state index in [1.807, 2.05) is 12.1 Å². The van der Waals surface area contributed by atoms with Crippen LogP contribution in [0.15, 0.2) is 24.3 Å². The average molecular weight is 162 g/mol. The first-order chi connectivity index (χ1) is 5.88. The Hall–Kier alpha value is -1.51. The van der Waals surface area contributed by atoms with E-state index in [0.717, 1.165) is 0 Å². The third-order valence-corrected chi connectivity index (χ3v) is 1.69. The normalized spacial score (nSPS) is 15.5. The van der Waals surface area contributed by atoms with Gasteiger partial charge in [-0.2, -0.15) is 0 Å². The molecule has 1 aliphatic heterocycles. The lowest BCUT2D eigenvalue weighted by Crippen LogP contribution is -2.22. The maximum atomic E-state index is 11.3. The molecule has 3 heteroatoms. The van der Waals surface area contributed by atoms with Crippen molar-refractivity contribution in [1.82, 2.24) is 5.32 Å². The molecule has 1 heterocycles. The Morgan fingerprint density at radius 3 is 3.08 bits per heavy atom. The van der Waals surface area contributed by atoms with Crippen LogP contribution in [-0.2, 0) is 0 Å². The molecule has 0 spiro atoms. The quantitative estimate of drug-likeness (QED) is 0.617. The van der Waals surface area contributed by atoms with Gasteiger partial charge in [0, 0.05) is 0 Å². The molecule has 2 rings (SSSR count). The maximum absolute atomic E-state index is 11.3. The van der Waals surface area contributed by atoms with Crippen LogP contribution in [0.5, 0.6) is 5.75 Å². The number of rotatable bonds is 0. The number of para-hydroxylation sites is 1. The Morgan fingerprint density at radius 2 is 2.17 bits per heavy atom. The molecule has 12 heavy (non-hydrogen) atoms. The van der Waals surface area contributed by atoms with Crippen molar-refractivity contribution in [2.75, 3.05) is 6.54 Å². The SMILES string of the molecule is O=C1NC[CH]Oc2ccccc21. The van der Waals surface area contributed by atoms with E-state index < -0.39 is 0 Å². The minimum atomic E-state index is -0.0839. The molecule has 1 aromatic rings. The standard InChI is InChI=1S/C9H8NO2/c11-9-7-3-1-2-4-8(7)12-6-5-10-9/h1-4,6H,5H2,(H,10,11). The van der Waals surface area contributed by atoms with E-state index in [-0.39, 0.29) is 5.91 Å². The van der Waals surface area contributed by atoms with Crippen molar-refractivity contribution in [2.45, 2.75) is 0 Å². The van der Waals surface area contributed by atoms with E-state index in [2.05, 4.69) is 5.32 Å². The fourth-order valence-corrected chi connectivity index (χ4v) is 1.12. The molecule has 1 aliphatic rings. The number of amides is 1. The van der Waals surface area contributed by atoms with Gasteiger partial charge in [-0.15, -0.1) is 0 Å². The number of hydrogen-bond donors (Lipinski definition) is 1. The van der Waals surface area contributed by atoms with Crippen LogP contribution in [0.3, 0.4) is 0 Å². The highest BCUT2D eigenvalue weighted by Crippen LogP contribution is 2.19. The molecule has 0 bridgehead atoms. The number of carbonyl (C=O) groups excluding carboxylic acids is 1. The molecule has 61 valence electrons. The Balaban J connectivity index is 2.46. The zero-order chi connectivity index (χ0) is 8.39. The molecule has 3 nitrogen and oxygen atoms in total. The molecule has 1 amide bonds. The van der Waals surface area contributed by atoms with Crippen LogP contribution in [0, 0.1) is 6.61 Å². The molecule has 0 aliphatic carbocycles. The number of benzene rings is 1. The van der Waals surface area contributed by atoms with Crippen LogP contribution >= 0.6 is 0 Å². The number of carbonyl (C=O) groups is 1. The second-order valence-corrected chi connectivity index (χ2v) is 2.49. The van der Waals surface area contributed by atoms with Crippen LogP contribution in [0.2, 0.25) is 0 Å². The summed E-state index contributed by atoms with van der Waals surface area (Å²) in [5.41, 5.74) is 0.589. The second-order valence-electron chi connectivity index (χ2n) is 2.49. The highest BCUT2D eigenvalue weighted by molar-refractivity contribution is 5.97. The van der Waals surface area contributed by atoms with Gasteiger partial charge >= 0.3 is 0 Å². The molecular weight excluding hydrogens is 154 g/mol. The largest absolute Gasteiger partial charge is 0.484 e. The maximum Gasteiger partial charge on any atom is 0.255 e. The number of ether oxygens (including phenoxy) is 1. The predicted molar refractivity (Wildman–Crippen MR) is 43.7 cm³/mol. The molecule has 1 aromatic carbocycles. The summed E-state index contributed by atoms with van der Waals surface area (Å²) in [7, 11) is 0. The van der Waals surface area contributed by atoms with Gasteiger partial charge in [0.2, 0.25) is 0 Å². The van der Waals surface area contributed by atoms with Gasteiger partial charge in [0.15, 0.2) is 6.61 Å². The average Bonchev–Trinajstić information content (AvgIpc) is 2.29. The zero-order valence-electron chi connectivity index (χ0n) is 6.41. The Bertz CT molecular complexity index is 309. The van der Waals surface area contributed by atoms with Crippen LogP contribution < -0.4 is 10.1 Å². The van der Waals surface area contributed by atoms with Gasteiger partial charge < -0.3 is 10.1 Å². The number of hydrogen-bond acceptors (Lipinski definition) is 2. The van der Waals surface area contributed by atoms with Crippen molar-refractivity contribution in [3.05, 3.63) is 36.4 Å². The van der Waals surface area contributed by atoms with Crippen molar-refractivity contribution >= 4 is 5.91 Å². The monoisotopic (exact) mass is 162 g/mol. The van der Waals surface area contributed by atoms with Crippen LogP contribution in [0.1, 0.15) is 10.4 Å². The Morgan fingerprint density at radius 1 is 1.33 bits per heavy atom. The van der Waals surface area contributed by atoms with Crippen molar-refractivity contribution < 1.29 is 9.53 Å². The van der Waals surface area contributed by atoms with E-state index in [1.165, 1.54) is 0 Å². The first-order valence-corrected chi connectivity index (χ1v) is 3.73. The van der Waals surface area contributed by atoms with E-state index >= 15 is 0 Å². The third-order valence-electron chi connectivity index (χ3n) is 1.69. The van der Waals surface area contributed by atoms with Crippen LogP contribution in [-0.4, -0.2) is 12.5 Å². The van der Waals surface area contributed by atoms with Gasteiger partial charge in [-0.05, 0) is 12.1 Å². The van der Waals surface area contributed by atoms with Crippen molar-refractivity contribution in [3.63, 3.8) is 0 Å². The summed E-state index contributed by atoms with van der Waals surface area (Å²) in [6, 6.07) is 7.17. The van der Waals surface area contributed by atoms with Crippen molar-refractivity contribution in [3.8, 4) is 5.75 Å². The van der Waals surface area contributed by atoms with E-state index in [9.17, 15) is 4.79 Å². The van der Waals surface area contributed by atoms with Gasteiger partial charge in [0.05, 0.1) is 12.1 Å². The zero-order valence-corrected chi connectivity index (χ0v) is 6.41. The van der Waals surface area contributed by atoms with Gasteiger partial charge in [0.1, 0.15) is 5.75 Å². The van der Waals surface area contributed by atoms with Gasteiger partial charge in [-0.25, -0.2) is 0 Å². The molecule has 1 radical (unpaired) electrons. The fraction of sp³-hybridized carbons (Fsp3) is 0.111. The lowest BCUT2D eigenvalue weighted by atomic mass is 10.2. The summed E-state index contributed by atoms with van der Waals surface area (Å²) in [4.78, 5) is 11.3. The Labute approximate surface area is 70.3 Å². The summed E-state index contributed by atoms with van der Waals surface area (Å²) >= 11 is 0. The second kappa shape index (κ2) is 2.85. The fourth-order valence-electron chi connectivity index (χ4n) is 1.12. The van der Waals surface area contributed by atoms with Crippen molar-refractivity contribution in [2.24, 2.45) is 0 Å². The minimum Gasteiger partial charge on any atom is -0.484 e. The van der Waals surface area contributed by atoms with Gasteiger partial charge in [-0.1, -0.05) is 12.1 Å². The highest BCUT2D eigenvalue weighted by atomic mass is 16.5. The number of nitrogens with one attached hydrogen (secondary N) is 1. The summed E-state index contributed by atoms with van der Waals surface area (Å²) in [6.45, 7) is 2.03. The third kappa shape index (κ3) is 1.13. The molecule has 0 unspecified atom stereocenters. The molecule has 0 aromatic heterocycles. The number of fused-ring (bicyclic) bond motifs is 1. The van der Waals surface area contributed by atoms with Crippen LogP contribution in [0.25, 0.3) is 0 Å². The smallest absolute Gasteiger partial charge is 0.255 e. The van der Waals surface area contributed by atoms with Gasteiger partial charge in [-0.3, -0.25) is 4.79 Å². The summed E-state index contributed by atoms with van der Waals surface area (Å²) in [5.74, 6) is 0.534. The summed E-state index contributed by atoms with van der Waals surface area (Å²) in [5, 5.41) is 2.68. The molecule has 0 fully saturated rings. The van der Waals surface area contributed by atoms with E-state index in [4.69, 9.17) is 4.74 Å². The van der Waals surface area contributed by atoms with E-state index in [1.54, 1.807) is 18.7 Å². The first kappa shape index (κ1) is 7.16. The summed E-state index contributed by atoms with van der Waals surface area (Å²) < 4.78 is 5.21. The van der Waals surface area contributed by atoms with Gasteiger partial charge in [0.25, 0.3) is 5.91 Å². The summed E-state index contributed by atoms with van der Waals surface area (Å²) in [6.07, 6.45) is 0. The first-order valence-electron chi connectivity index (χ1n) is 3.73. The highest BCUT2D eigenvalue weighted by Gasteiger charge is 2.14. The molecule has 0 saturated carbocycles. The topological polar surface area (TPSA) is 38.3 Å². The van der Waals surface area contributed by atoms with Crippen molar-refractivity contribution in [1.29, 1.82) is 0 Å². The predicted octanol–water partition coefficient (Wildman–Crippen LogP) is 0.971.